The van der Waals surface area contributed by atoms with Gasteiger partial charge in [-0.15, -0.1) is 0 Å². The average molecular weight is 974 g/mol. The lowest BCUT2D eigenvalue weighted by Crippen LogP contribution is -2.48. The number of nitrogens with two attached hydrogens (primary N) is 1. The first-order valence-corrected chi connectivity index (χ1v) is 23.9. The normalized spacial score (nSPS) is 11.5. The van der Waals surface area contributed by atoms with Crippen molar-refractivity contribution in [2.45, 2.75) is 109 Å². The van der Waals surface area contributed by atoms with Gasteiger partial charge in [0.05, 0.1) is 6.04 Å². The number of aromatic hydroxyl groups is 1. The highest BCUT2D eigenvalue weighted by Crippen LogP contribution is 2.19. The topological polar surface area (TPSA) is 242 Å². The summed E-state index contributed by atoms with van der Waals surface area (Å²) in [6.07, 6.45) is 5.67. The second-order valence-corrected chi connectivity index (χ2v) is 17.3. The Hall–Kier alpha value is -7.59. The Labute approximate surface area is 415 Å². The number of nitrogens with one attached hydrogen (secondary N) is 4. The van der Waals surface area contributed by atoms with Crippen molar-refractivity contribution in [1.82, 2.24) is 21.3 Å². The van der Waals surface area contributed by atoms with Crippen LogP contribution in [0.25, 0.3) is 0 Å². The molecule has 0 fully saturated rings. The first-order chi connectivity index (χ1) is 34.1. The van der Waals surface area contributed by atoms with E-state index in [1.165, 1.54) is 12.1 Å². The molecule has 0 saturated heterocycles. The maximum absolute atomic E-state index is 13.4. The maximum Gasteiger partial charge on any atom is 0.412 e. The largest absolute Gasteiger partial charge is 0.508 e. The fourth-order valence-corrected chi connectivity index (χ4v) is 7.06. The fraction of sp³-hybridized carbons (Fsp3) is 0.364. The molecule has 4 rings (SSSR count). The van der Waals surface area contributed by atoms with Crippen molar-refractivity contribution in [3.8, 4) is 23.0 Å². The van der Waals surface area contributed by atoms with Gasteiger partial charge in [0.15, 0.2) is 5.78 Å². The number of hydrogen-bond acceptors (Lipinski definition) is 12. The van der Waals surface area contributed by atoms with Crippen molar-refractivity contribution in [2.75, 3.05) is 19.6 Å². The predicted molar refractivity (Wildman–Crippen MR) is 270 cm³/mol. The summed E-state index contributed by atoms with van der Waals surface area (Å²) in [4.78, 5) is 88.7. The van der Waals surface area contributed by atoms with Crippen LogP contribution in [0.1, 0.15) is 93.9 Å². The molecule has 4 aromatic rings. The van der Waals surface area contributed by atoms with Crippen LogP contribution in [0.4, 0.5) is 4.79 Å². The van der Waals surface area contributed by atoms with Crippen molar-refractivity contribution in [3.63, 3.8) is 0 Å². The van der Waals surface area contributed by atoms with Crippen LogP contribution in [0, 0.1) is 0 Å². The minimum Gasteiger partial charge on any atom is -0.508 e. The van der Waals surface area contributed by atoms with Crippen molar-refractivity contribution in [3.05, 3.63) is 144 Å². The van der Waals surface area contributed by atoms with E-state index in [2.05, 4.69) is 34.4 Å². The first-order valence-electron chi connectivity index (χ1n) is 23.9. The number of esters is 2. The van der Waals surface area contributed by atoms with Crippen molar-refractivity contribution >= 4 is 41.5 Å². The van der Waals surface area contributed by atoms with Crippen LogP contribution in [0.2, 0.25) is 0 Å². The van der Waals surface area contributed by atoms with Gasteiger partial charge in [-0.3, -0.25) is 28.8 Å². The van der Waals surface area contributed by atoms with Gasteiger partial charge in [0, 0.05) is 49.9 Å². The van der Waals surface area contributed by atoms with E-state index in [1.54, 1.807) is 86.6 Å². The molecule has 0 aliphatic rings. The number of carbonyl (C=O) groups is 7. The third-order valence-corrected chi connectivity index (χ3v) is 11.1. The predicted octanol–water partition coefficient (Wildman–Crippen LogP) is 6.84. The lowest BCUT2D eigenvalue weighted by molar-refractivity contribution is -0.136. The van der Waals surface area contributed by atoms with E-state index in [4.69, 9.17) is 19.9 Å². The van der Waals surface area contributed by atoms with Crippen molar-refractivity contribution < 1.29 is 52.9 Å². The van der Waals surface area contributed by atoms with Crippen LogP contribution < -0.4 is 41.2 Å². The van der Waals surface area contributed by atoms with E-state index in [0.29, 0.717) is 43.9 Å². The molecule has 4 amide bonds. The van der Waals surface area contributed by atoms with Crippen LogP contribution >= 0.6 is 0 Å². The number of phenols is 1. The van der Waals surface area contributed by atoms with Gasteiger partial charge in [0.2, 0.25) is 17.7 Å². The molecule has 2 atom stereocenters. The van der Waals surface area contributed by atoms with E-state index >= 15 is 0 Å². The third-order valence-electron chi connectivity index (χ3n) is 11.1. The summed E-state index contributed by atoms with van der Waals surface area (Å²) in [6.45, 7) is 11.9. The molecule has 0 heterocycles. The van der Waals surface area contributed by atoms with Gasteiger partial charge < -0.3 is 46.3 Å². The molecule has 71 heavy (non-hydrogen) atoms. The molecule has 4 aromatic carbocycles. The quantitative estimate of drug-likeness (QED) is 0.0136. The maximum atomic E-state index is 13.4. The van der Waals surface area contributed by atoms with E-state index in [0.717, 1.165) is 47.9 Å². The number of phenolic OH excluding ortho intramolecular Hbond substituents is 1. The molecule has 0 aromatic heterocycles. The molecular weight excluding hydrogens is 907 g/mol. The molecule has 0 bridgehead atoms. The van der Waals surface area contributed by atoms with Crippen LogP contribution in [0.5, 0.6) is 23.0 Å². The van der Waals surface area contributed by atoms with Crippen LogP contribution in [0.3, 0.4) is 0 Å². The summed E-state index contributed by atoms with van der Waals surface area (Å²) in [5.41, 5.74) is 9.36. The smallest absolute Gasteiger partial charge is 0.412 e. The first kappa shape index (κ1) is 56.0. The number of carbonyl (C=O) groups excluding carboxylic acids is 7. The SMILES string of the molecule is C=C(C)C(=O)N[C@@H](Cc1ccc(OC(=O)CCCC(=O)Oc2ccc(CCNC(=O)[C@H](Cc3ccc(O)cc3)NC(=O)C(=C)C)cc2)cc1)C(=O)CCCc1ccc(OC(=O)NCCCCCCN)cc1. The molecule has 0 aliphatic heterocycles. The molecule has 0 radical (unpaired) electrons. The van der Waals surface area contributed by atoms with Crippen LogP contribution in [-0.4, -0.2) is 78.4 Å². The number of ketones is 1. The Balaban J connectivity index is 1.15. The monoisotopic (exact) mass is 973 g/mol. The zero-order valence-corrected chi connectivity index (χ0v) is 40.7. The van der Waals surface area contributed by atoms with Gasteiger partial charge in [-0.05, 0) is 136 Å². The lowest BCUT2D eigenvalue weighted by atomic mass is 9.97. The van der Waals surface area contributed by atoms with Crippen LogP contribution in [-0.2, 0) is 54.5 Å². The number of unbranched alkanes of at least 4 members (excludes halogenated alkanes) is 3. The Morgan fingerprint density at radius 1 is 0.521 bits per heavy atom. The zero-order chi connectivity index (χ0) is 51.5. The zero-order valence-electron chi connectivity index (χ0n) is 40.7. The summed E-state index contributed by atoms with van der Waals surface area (Å²) in [7, 11) is 0. The summed E-state index contributed by atoms with van der Waals surface area (Å²) in [5, 5.41) is 20.7. The number of amides is 4. The highest BCUT2D eigenvalue weighted by molar-refractivity contribution is 5.97. The molecule has 378 valence electrons. The fourth-order valence-electron chi connectivity index (χ4n) is 7.06. The Morgan fingerprint density at radius 3 is 1.52 bits per heavy atom. The summed E-state index contributed by atoms with van der Waals surface area (Å²) < 4.78 is 16.3. The number of ether oxygens (including phenoxy) is 3. The minimum atomic E-state index is -0.856. The van der Waals surface area contributed by atoms with E-state index in [9.17, 15) is 38.7 Å². The second-order valence-electron chi connectivity index (χ2n) is 17.3. The highest BCUT2D eigenvalue weighted by atomic mass is 16.6. The number of benzene rings is 4. The van der Waals surface area contributed by atoms with Gasteiger partial charge >= 0.3 is 18.0 Å². The Bertz CT molecular complexity index is 2420. The van der Waals surface area contributed by atoms with Gasteiger partial charge in [-0.1, -0.05) is 74.5 Å². The van der Waals surface area contributed by atoms with E-state index in [1.807, 2.05) is 12.1 Å². The third kappa shape index (κ3) is 21.7. The molecule has 7 N–H and O–H groups in total. The van der Waals surface area contributed by atoms with Crippen molar-refractivity contribution in [2.24, 2.45) is 5.73 Å². The molecular formula is C55H67N5O11. The molecule has 0 aliphatic carbocycles. The number of hydrogen-bond donors (Lipinski definition) is 6. The van der Waals surface area contributed by atoms with Gasteiger partial charge in [-0.25, -0.2) is 4.79 Å². The summed E-state index contributed by atoms with van der Waals surface area (Å²) in [6, 6.07) is 25.3. The number of rotatable bonds is 30. The van der Waals surface area contributed by atoms with Crippen LogP contribution in [0.15, 0.2) is 121 Å². The lowest BCUT2D eigenvalue weighted by Gasteiger charge is -2.19. The molecule has 0 unspecified atom stereocenters. The Kier molecular flexibility index (Phi) is 23.8. The Morgan fingerprint density at radius 2 is 0.986 bits per heavy atom. The average Bonchev–Trinajstić information content (AvgIpc) is 3.34. The molecule has 0 saturated carbocycles. The van der Waals surface area contributed by atoms with Crippen molar-refractivity contribution in [1.29, 1.82) is 0 Å². The highest BCUT2D eigenvalue weighted by Gasteiger charge is 2.23. The summed E-state index contributed by atoms with van der Waals surface area (Å²) >= 11 is 0. The van der Waals surface area contributed by atoms with Gasteiger partial charge in [0.1, 0.15) is 29.0 Å². The standard InChI is InChI=1S/C55H67N5O11/c1-37(2)52(65)59-47(49(62)12-9-11-39-17-27-46(28-18-39)71-55(68)58-33-8-6-5-7-32-56)35-42-21-29-45(30-22-42)70-51(64)14-10-13-50(63)69-44-25-19-40(20-26-44)31-34-57-54(67)48(60-53(66)38(3)4)36-41-15-23-43(61)24-16-41/h15-30,47-48,61H,1,3,5-14,31-36,56H2,2,4H3,(H,57,67)(H,58,68)(H,59,65)(H,60,66)/t47-,48-/m0/s1. The minimum absolute atomic E-state index is 0.0291. The van der Waals surface area contributed by atoms with Gasteiger partial charge in [-0.2, -0.15) is 0 Å². The van der Waals surface area contributed by atoms with E-state index in [-0.39, 0.29) is 79.4 Å². The number of aryl methyl sites for hydroxylation is 1. The molecule has 0 spiro atoms. The van der Waals surface area contributed by atoms with Gasteiger partial charge in [0.25, 0.3) is 0 Å². The van der Waals surface area contributed by atoms with E-state index < -0.39 is 41.9 Å². The summed E-state index contributed by atoms with van der Waals surface area (Å²) in [5.74, 6) is -1.35. The molecule has 16 heteroatoms. The molecule has 16 nitrogen and oxygen atoms in total. The number of Topliss-reactive ketones (excluding diaryl/α,β-unsaturated/α-hetero) is 1. The second kappa shape index (κ2) is 30.1.